The summed E-state index contributed by atoms with van der Waals surface area (Å²) in [6.07, 6.45) is 7.51. The van der Waals surface area contributed by atoms with Gasteiger partial charge in [0.15, 0.2) is 0 Å². The van der Waals surface area contributed by atoms with Gasteiger partial charge in [-0.15, -0.1) is 33.2 Å². The number of halogens is 3. The van der Waals surface area contributed by atoms with E-state index >= 15 is 0 Å². The van der Waals surface area contributed by atoms with Gasteiger partial charge in [0.1, 0.15) is 0 Å². The second-order valence-corrected chi connectivity index (χ2v) is 12.8. The van der Waals surface area contributed by atoms with Gasteiger partial charge in [0.05, 0.1) is 0 Å². The zero-order valence-corrected chi connectivity index (χ0v) is 11.7. The van der Waals surface area contributed by atoms with Crippen molar-refractivity contribution in [1.82, 2.24) is 0 Å². The Kier molecular flexibility index (Phi) is 8.01. The van der Waals surface area contributed by atoms with E-state index in [2.05, 4.69) is 13.8 Å². The Balaban J connectivity index is 3.32. The topological polar surface area (TPSA) is 0 Å². The minimum Gasteiger partial charge on any atom is -0.126 e. The maximum absolute atomic E-state index is 5.89. The van der Waals surface area contributed by atoms with E-state index in [1.807, 2.05) is 0 Å². The summed E-state index contributed by atoms with van der Waals surface area (Å²) in [6.45, 7) is 4.27. The van der Waals surface area contributed by atoms with E-state index in [0.29, 0.717) is 5.54 Å². The van der Waals surface area contributed by atoms with Gasteiger partial charge in [0, 0.05) is 0 Å². The van der Waals surface area contributed by atoms with Crippen LogP contribution in [0.5, 0.6) is 0 Å². The highest BCUT2D eigenvalue weighted by Gasteiger charge is 2.32. The molecule has 0 aliphatic rings. The second-order valence-electron chi connectivity index (χ2n) is 3.65. The van der Waals surface area contributed by atoms with Gasteiger partial charge in [-0.1, -0.05) is 46.0 Å². The lowest BCUT2D eigenvalue weighted by molar-refractivity contribution is 0.600. The number of unbranched alkanes of at least 4 members (excludes halogenated alkanes) is 4. The molecule has 1 atom stereocenters. The first-order valence-corrected chi connectivity index (χ1v) is 10.2. The molecule has 0 saturated heterocycles. The van der Waals surface area contributed by atoms with Gasteiger partial charge in [0.2, 0.25) is 0 Å². The van der Waals surface area contributed by atoms with E-state index in [0.717, 1.165) is 6.42 Å². The Bertz CT molecular complexity index is 123. The van der Waals surface area contributed by atoms with E-state index in [4.69, 9.17) is 33.2 Å². The molecule has 0 aliphatic carbocycles. The summed E-state index contributed by atoms with van der Waals surface area (Å²) >= 11 is 17.7. The average Bonchev–Trinajstić information content (AvgIpc) is 2.02. The van der Waals surface area contributed by atoms with Gasteiger partial charge in [0.25, 0.3) is 0 Å². The third-order valence-corrected chi connectivity index (χ3v) is 7.06. The van der Waals surface area contributed by atoms with E-state index in [1.165, 1.54) is 32.1 Å². The molecule has 0 N–H and O–H groups in total. The van der Waals surface area contributed by atoms with Crippen molar-refractivity contribution in [3.8, 4) is 0 Å². The summed E-state index contributed by atoms with van der Waals surface area (Å²) < 4.78 is 0. The molecule has 4 heteroatoms. The first-order valence-electron chi connectivity index (χ1n) is 5.05. The summed E-state index contributed by atoms with van der Waals surface area (Å²) in [5.74, 6) is 0. The third-order valence-electron chi connectivity index (χ3n) is 2.30. The fourth-order valence-electron chi connectivity index (χ4n) is 1.22. The predicted molar refractivity (Wildman–Crippen MR) is 66.1 cm³/mol. The van der Waals surface area contributed by atoms with Crippen molar-refractivity contribution in [2.24, 2.45) is 0 Å². The minimum absolute atomic E-state index is 0.305. The first-order chi connectivity index (χ1) is 5.98. The van der Waals surface area contributed by atoms with Gasteiger partial charge in [-0.3, -0.25) is 0 Å². The smallest absolute Gasteiger partial charge is 0.126 e. The van der Waals surface area contributed by atoms with Crippen molar-refractivity contribution >= 4 is 39.2 Å². The van der Waals surface area contributed by atoms with Gasteiger partial charge in [-0.25, -0.2) is 0 Å². The van der Waals surface area contributed by atoms with Crippen LogP contribution in [0.15, 0.2) is 0 Å². The molecule has 0 radical (unpaired) electrons. The Morgan fingerprint density at radius 1 is 1.00 bits per heavy atom. The lowest BCUT2D eigenvalue weighted by Gasteiger charge is -2.16. The summed E-state index contributed by atoms with van der Waals surface area (Å²) in [6, 6.07) is -2.41. The molecule has 13 heavy (non-hydrogen) atoms. The lowest BCUT2D eigenvalue weighted by atomic mass is 10.1. The van der Waals surface area contributed by atoms with E-state index < -0.39 is 6.00 Å². The molecule has 0 saturated carbocycles. The fourth-order valence-corrected chi connectivity index (χ4v) is 2.73. The normalized spacial score (nSPS) is 14.5. The molecule has 0 amide bonds. The molecule has 0 rings (SSSR count). The van der Waals surface area contributed by atoms with E-state index in [1.54, 1.807) is 0 Å². The minimum atomic E-state index is -2.41. The highest BCUT2D eigenvalue weighted by atomic mass is 35.8. The molecule has 0 aromatic carbocycles. The maximum Gasteiger partial charge on any atom is 0.344 e. The van der Waals surface area contributed by atoms with Crippen LogP contribution in [0.3, 0.4) is 0 Å². The van der Waals surface area contributed by atoms with Crippen molar-refractivity contribution in [1.29, 1.82) is 0 Å². The number of rotatable bonds is 7. The predicted octanol–water partition coefficient (Wildman–Crippen LogP) is 5.39. The second kappa shape index (κ2) is 7.39. The van der Waals surface area contributed by atoms with Crippen LogP contribution in [0, 0.1) is 0 Å². The molecule has 80 valence electrons. The largest absolute Gasteiger partial charge is 0.344 e. The van der Waals surface area contributed by atoms with Crippen molar-refractivity contribution < 1.29 is 0 Å². The molecule has 0 nitrogen and oxygen atoms in total. The number of hydrogen-bond donors (Lipinski definition) is 0. The van der Waals surface area contributed by atoms with Crippen molar-refractivity contribution in [3.63, 3.8) is 0 Å². The molecular formula is C9H19Cl3Si. The summed E-state index contributed by atoms with van der Waals surface area (Å²) in [5, 5.41) is 0. The SMILES string of the molecule is CCCCCCCC(C)[Si](Cl)(Cl)Cl. The van der Waals surface area contributed by atoms with Crippen LogP contribution >= 0.6 is 33.2 Å². The van der Waals surface area contributed by atoms with Crippen LogP contribution in [-0.4, -0.2) is 6.00 Å². The number of hydrogen-bond acceptors (Lipinski definition) is 0. The molecule has 0 aliphatic heterocycles. The van der Waals surface area contributed by atoms with Crippen molar-refractivity contribution in [2.45, 2.75) is 57.9 Å². The first kappa shape index (κ1) is 14.1. The van der Waals surface area contributed by atoms with Gasteiger partial charge >= 0.3 is 6.00 Å². The van der Waals surface area contributed by atoms with Crippen molar-refractivity contribution in [3.05, 3.63) is 0 Å². The lowest BCUT2D eigenvalue weighted by Crippen LogP contribution is -2.16. The van der Waals surface area contributed by atoms with Gasteiger partial charge in [-0.2, -0.15) is 0 Å². The Morgan fingerprint density at radius 2 is 1.54 bits per heavy atom. The Labute approximate surface area is 97.1 Å². The highest BCUT2D eigenvalue weighted by Crippen LogP contribution is 2.36. The monoisotopic (exact) mass is 260 g/mol. The molecule has 0 bridgehead atoms. The standard InChI is InChI=1S/C9H19Cl3Si/c1-3-4-5-6-7-8-9(2)13(10,11)12/h9H,3-8H2,1-2H3. The fraction of sp³-hybridized carbons (Fsp3) is 1.00. The van der Waals surface area contributed by atoms with Crippen LogP contribution in [0.1, 0.15) is 52.4 Å². The maximum atomic E-state index is 5.89. The Morgan fingerprint density at radius 3 is 2.00 bits per heavy atom. The van der Waals surface area contributed by atoms with Crippen LogP contribution in [-0.2, 0) is 0 Å². The third kappa shape index (κ3) is 8.11. The molecule has 0 aromatic heterocycles. The van der Waals surface area contributed by atoms with E-state index in [-0.39, 0.29) is 0 Å². The zero-order valence-electron chi connectivity index (χ0n) is 8.45. The molecule has 1 unspecified atom stereocenters. The average molecular weight is 262 g/mol. The molecule has 0 aromatic rings. The highest BCUT2D eigenvalue weighted by molar-refractivity contribution is 7.65. The summed E-state index contributed by atoms with van der Waals surface area (Å²) in [4.78, 5) is 0. The Hall–Kier alpha value is 1.09. The van der Waals surface area contributed by atoms with E-state index in [9.17, 15) is 0 Å². The van der Waals surface area contributed by atoms with Gasteiger partial charge in [-0.05, 0) is 12.0 Å². The van der Waals surface area contributed by atoms with Crippen LogP contribution in [0.25, 0.3) is 0 Å². The molecular weight excluding hydrogens is 243 g/mol. The quantitative estimate of drug-likeness (QED) is 0.327. The molecule has 0 spiro atoms. The van der Waals surface area contributed by atoms with Crippen LogP contribution in [0.4, 0.5) is 0 Å². The summed E-state index contributed by atoms with van der Waals surface area (Å²) in [5.41, 5.74) is 0.305. The molecule has 0 heterocycles. The van der Waals surface area contributed by atoms with Crippen LogP contribution in [0.2, 0.25) is 5.54 Å². The van der Waals surface area contributed by atoms with Gasteiger partial charge < -0.3 is 0 Å². The molecule has 0 fully saturated rings. The van der Waals surface area contributed by atoms with Crippen LogP contribution < -0.4 is 0 Å². The zero-order chi connectivity index (χ0) is 10.3. The summed E-state index contributed by atoms with van der Waals surface area (Å²) in [7, 11) is 0. The van der Waals surface area contributed by atoms with Crippen molar-refractivity contribution in [2.75, 3.05) is 0 Å².